The van der Waals surface area contributed by atoms with E-state index in [0.29, 0.717) is 22.4 Å². The molecular formula is C32H38N6O3S. The van der Waals surface area contributed by atoms with Crippen LogP contribution in [0.1, 0.15) is 44.1 Å². The van der Waals surface area contributed by atoms with Crippen LogP contribution in [-0.2, 0) is 27.8 Å². The molecule has 1 saturated heterocycles. The summed E-state index contributed by atoms with van der Waals surface area (Å²) < 4.78 is 30.4. The summed E-state index contributed by atoms with van der Waals surface area (Å²) >= 11 is 0. The molecule has 1 fully saturated rings. The Bertz CT molecular complexity index is 1770. The first kappa shape index (κ1) is 29.5. The average molecular weight is 587 g/mol. The van der Waals surface area contributed by atoms with Gasteiger partial charge in [0.2, 0.25) is 5.91 Å². The number of fused-ring (bicyclic) bond motifs is 3. The number of likely N-dealkylation sites (tertiary alicyclic amines) is 1. The van der Waals surface area contributed by atoms with Gasteiger partial charge in [0.15, 0.2) is 5.65 Å². The van der Waals surface area contributed by atoms with Gasteiger partial charge >= 0.3 is 0 Å². The zero-order valence-electron chi connectivity index (χ0n) is 24.6. The number of piperidine rings is 1. The Kier molecular flexibility index (Phi) is 8.74. The van der Waals surface area contributed by atoms with Crippen molar-refractivity contribution in [3.8, 4) is 0 Å². The summed E-state index contributed by atoms with van der Waals surface area (Å²) in [6.07, 6.45) is 5.14. The van der Waals surface area contributed by atoms with E-state index in [2.05, 4.69) is 38.7 Å². The van der Waals surface area contributed by atoms with Gasteiger partial charge in [-0.25, -0.2) is 22.4 Å². The Morgan fingerprint density at radius 2 is 1.60 bits per heavy atom. The maximum absolute atomic E-state index is 13.5. The fraction of sp³-hybridized carbons (Fsp3) is 0.344. The SMILES string of the molecule is CC.CN(C)C(=O)Cc1nc2cnc3c(ccn3S(=O)(=O)c3ccccc3)c2n1C1CCN(Cc2ccccc2)CC1. The summed E-state index contributed by atoms with van der Waals surface area (Å²) in [5.74, 6) is 0.648. The molecule has 2 aromatic carbocycles. The molecular weight excluding hydrogens is 548 g/mol. The molecule has 9 nitrogen and oxygen atoms in total. The second-order valence-corrected chi connectivity index (χ2v) is 12.3. The highest BCUT2D eigenvalue weighted by Crippen LogP contribution is 2.34. The highest BCUT2D eigenvalue weighted by atomic mass is 32.2. The smallest absolute Gasteiger partial charge is 0.269 e. The second-order valence-electron chi connectivity index (χ2n) is 10.5. The number of rotatable bonds is 7. The molecule has 4 heterocycles. The van der Waals surface area contributed by atoms with Crippen molar-refractivity contribution in [1.82, 2.24) is 28.3 Å². The van der Waals surface area contributed by atoms with Gasteiger partial charge in [-0.15, -0.1) is 0 Å². The Hall–Kier alpha value is -4.02. The summed E-state index contributed by atoms with van der Waals surface area (Å²) in [6, 6.07) is 20.8. The first-order chi connectivity index (χ1) is 20.3. The molecule has 1 aliphatic rings. The number of likely N-dealkylation sites (N-methyl/N-ethyl adjacent to an activating group) is 1. The number of hydrogen-bond acceptors (Lipinski definition) is 6. The van der Waals surface area contributed by atoms with Crippen molar-refractivity contribution < 1.29 is 13.2 Å². The summed E-state index contributed by atoms with van der Waals surface area (Å²) in [4.78, 5) is 26.4. The second kappa shape index (κ2) is 12.5. The number of pyridine rings is 1. The van der Waals surface area contributed by atoms with Crippen molar-refractivity contribution >= 4 is 38.0 Å². The molecule has 6 rings (SSSR count). The number of carbonyl (C=O) groups is 1. The minimum atomic E-state index is -3.83. The van der Waals surface area contributed by atoms with Crippen LogP contribution in [-0.4, -0.2) is 69.8 Å². The summed E-state index contributed by atoms with van der Waals surface area (Å²) in [6.45, 7) is 6.73. The van der Waals surface area contributed by atoms with Crippen molar-refractivity contribution in [2.24, 2.45) is 0 Å². The van der Waals surface area contributed by atoms with Crippen LogP contribution >= 0.6 is 0 Å². The van der Waals surface area contributed by atoms with Crippen LogP contribution in [0.3, 0.4) is 0 Å². The van der Waals surface area contributed by atoms with Crippen LogP contribution in [0, 0.1) is 0 Å². The summed E-state index contributed by atoms with van der Waals surface area (Å²) in [5, 5.41) is 0.708. The molecule has 0 aliphatic carbocycles. The summed E-state index contributed by atoms with van der Waals surface area (Å²) in [5.41, 5.74) is 3.13. The van der Waals surface area contributed by atoms with Crippen LogP contribution in [0.2, 0.25) is 0 Å². The van der Waals surface area contributed by atoms with E-state index in [1.165, 1.54) is 9.54 Å². The van der Waals surface area contributed by atoms with Crippen molar-refractivity contribution in [2.45, 2.75) is 50.6 Å². The lowest BCUT2D eigenvalue weighted by Crippen LogP contribution is -2.35. The van der Waals surface area contributed by atoms with E-state index in [0.717, 1.165) is 38.0 Å². The van der Waals surface area contributed by atoms with Gasteiger partial charge in [0.05, 0.1) is 23.0 Å². The maximum Gasteiger partial charge on any atom is 0.269 e. The van der Waals surface area contributed by atoms with E-state index in [1.54, 1.807) is 67.8 Å². The first-order valence-corrected chi connectivity index (χ1v) is 15.9. The highest BCUT2D eigenvalue weighted by molar-refractivity contribution is 7.90. The number of amides is 1. The quantitative estimate of drug-likeness (QED) is 0.263. The molecule has 5 aromatic rings. The molecule has 0 atom stereocenters. The third-order valence-electron chi connectivity index (χ3n) is 7.68. The molecule has 0 saturated carbocycles. The Balaban J connectivity index is 0.00000173. The van der Waals surface area contributed by atoms with Crippen LogP contribution in [0.25, 0.3) is 22.1 Å². The molecule has 0 N–H and O–H groups in total. The van der Waals surface area contributed by atoms with Crippen LogP contribution in [0.4, 0.5) is 0 Å². The molecule has 0 spiro atoms. The number of carbonyl (C=O) groups excluding carboxylic acids is 1. The van der Waals surface area contributed by atoms with Gasteiger partial charge < -0.3 is 9.47 Å². The van der Waals surface area contributed by atoms with Gasteiger partial charge in [-0.2, -0.15) is 0 Å². The highest BCUT2D eigenvalue weighted by Gasteiger charge is 2.28. The lowest BCUT2D eigenvalue weighted by molar-refractivity contribution is -0.128. The first-order valence-electron chi connectivity index (χ1n) is 14.5. The monoisotopic (exact) mass is 586 g/mol. The number of benzene rings is 2. The number of hydrogen-bond donors (Lipinski definition) is 0. The normalized spacial score (nSPS) is 14.6. The number of imidazole rings is 1. The zero-order valence-corrected chi connectivity index (χ0v) is 25.5. The number of nitrogens with zero attached hydrogens (tertiary/aromatic N) is 6. The molecule has 1 aliphatic heterocycles. The maximum atomic E-state index is 13.5. The molecule has 42 heavy (non-hydrogen) atoms. The van der Waals surface area contributed by atoms with Crippen molar-refractivity contribution in [2.75, 3.05) is 27.2 Å². The van der Waals surface area contributed by atoms with E-state index in [-0.39, 0.29) is 23.3 Å². The van der Waals surface area contributed by atoms with Crippen molar-refractivity contribution in [3.05, 3.63) is 90.5 Å². The molecule has 0 unspecified atom stereocenters. The van der Waals surface area contributed by atoms with Crippen LogP contribution in [0.5, 0.6) is 0 Å². The Labute approximate surface area is 247 Å². The average Bonchev–Trinajstić information content (AvgIpc) is 3.61. The van der Waals surface area contributed by atoms with Gasteiger partial charge in [0, 0.05) is 51.4 Å². The standard InChI is InChI=1S/C30H32N6O3S.C2H6/c1-33(2)28(37)19-27-32-26-20-31-30-25(15-18-35(30)40(38,39)24-11-7-4-8-12-24)29(26)36(27)23-13-16-34(17-14-23)21-22-9-5-3-6-10-22;1-2/h3-12,15,18,20,23H,13-14,16-17,19,21H2,1-2H3;1-2H3. The summed E-state index contributed by atoms with van der Waals surface area (Å²) in [7, 11) is -0.348. The van der Waals surface area contributed by atoms with E-state index in [1.807, 2.05) is 19.9 Å². The van der Waals surface area contributed by atoms with Crippen LogP contribution in [0.15, 0.2) is 84.0 Å². The van der Waals surface area contributed by atoms with Crippen molar-refractivity contribution in [3.63, 3.8) is 0 Å². The predicted molar refractivity (Wildman–Crippen MR) is 166 cm³/mol. The predicted octanol–water partition coefficient (Wildman–Crippen LogP) is 5.12. The molecule has 0 radical (unpaired) electrons. The fourth-order valence-electron chi connectivity index (χ4n) is 5.58. The van der Waals surface area contributed by atoms with E-state index in [4.69, 9.17) is 4.98 Å². The van der Waals surface area contributed by atoms with Crippen LogP contribution < -0.4 is 0 Å². The minimum absolute atomic E-state index is 0.0356. The van der Waals surface area contributed by atoms with Crippen molar-refractivity contribution in [1.29, 1.82) is 0 Å². The molecule has 220 valence electrons. The molecule has 3 aromatic heterocycles. The van der Waals surface area contributed by atoms with Gasteiger partial charge in [-0.3, -0.25) is 9.69 Å². The Morgan fingerprint density at radius 3 is 2.24 bits per heavy atom. The lowest BCUT2D eigenvalue weighted by Gasteiger charge is -2.33. The van der Waals surface area contributed by atoms with E-state index >= 15 is 0 Å². The lowest BCUT2D eigenvalue weighted by atomic mass is 10.0. The zero-order chi connectivity index (χ0) is 29.9. The molecule has 0 bridgehead atoms. The number of aromatic nitrogens is 4. The van der Waals surface area contributed by atoms with Gasteiger partial charge in [-0.05, 0) is 36.6 Å². The van der Waals surface area contributed by atoms with E-state index < -0.39 is 10.0 Å². The largest absolute Gasteiger partial charge is 0.348 e. The third-order valence-corrected chi connectivity index (χ3v) is 9.36. The van der Waals surface area contributed by atoms with Gasteiger partial charge in [0.1, 0.15) is 11.3 Å². The van der Waals surface area contributed by atoms with Gasteiger partial charge in [0.25, 0.3) is 10.0 Å². The minimum Gasteiger partial charge on any atom is -0.348 e. The van der Waals surface area contributed by atoms with Gasteiger partial charge in [-0.1, -0.05) is 62.4 Å². The third kappa shape index (κ3) is 5.69. The topological polar surface area (TPSA) is 93.3 Å². The Morgan fingerprint density at radius 1 is 0.952 bits per heavy atom. The fourth-order valence-corrected chi connectivity index (χ4v) is 6.91. The van der Waals surface area contributed by atoms with E-state index in [9.17, 15) is 13.2 Å². The molecule has 10 heteroatoms. The molecule has 1 amide bonds.